The number of thiazole rings is 1. The fourth-order valence-electron chi connectivity index (χ4n) is 1.86. The van der Waals surface area contributed by atoms with Crippen LogP contribution in [0.3, 0.4) is 0 Å². The van der Waals surface area contributed by atoms with Crippen LogP contribution >= 0.6 is 11.3 Å². The Morgan fingerprint density at radius 3 is 2.70 bits per heavy atom. The van der Waals surface area contributed by atoms with E-state index in [0.29, 0.717) is 11.3 Å². The molecule has 1 aromatic heterocycles. The fourth-order valence-corrected chi connectivity index (χ4v) is 2.56. The Bertz CT molecular complexity index is 654. The van der Waals surface area contributed by atoms with Crippen molar-refractivity contribution in [3.8, 4) is 0 Å². The van der Waals surface area contributed by atoms with Crippen LogP contribution in [-0.2, 0) is 0 Å². The first-order valence-corrected chi connectivity index (χ1v) is 7.05. The topological polar surface area (TPSA) is 68.0 Å². The highest BCUT2D eigenvalue weighted by Gasteiger charge is 2.14. The summed E-state index contributed by atoms with van der Waals surface area (Å²) < 4.78 is 13.8. The minimum Gasteiger partial charge on any atom is -0.377 e. The van der Waals surface area contributed by atoms with Gasteiger partial charge in [0.15, 0.2) is 0 Å². The monoisotopic (exact) mass is 293 g/mol. The summed E-state index contributed by atoms with van der Waals surface area (Å²) in [6, 6.07) is 2.64. The van der Waals surface area contributed by atoms with Crippen LogP contribution in [0.1, 0.15) is 39.6 Å². The van der Waals surface area contributed by atoms with Crippen LogP contribution in [0, 0.1) is 19.7 Å². The Morgan fingerprint density at radius 2 is 2.15 bits per heavy atom. The number of halogens is 1. The van der Waals surface area contributed by atoms with E-state index in [4.69, 9.17) is 5.73 Å². The molecule has 1 amide bonds. The minimum atomic E-state index is -0.649. The van der Waals surface area contributed by atoms with Gasteiger partial charge in [0.2, 0.25) is 5.91 Å². The van der Waals surface area contributed by atoms with Crippen molar-refractivity contribution in [1.29, 1.82) is 0 Å². The molecule has 0 aliphatic heterocycles. The lowest BCUT2D eigenvalue weighted by atomic mass is 10.1. The Morgan fingerprint density at radius 1 is 1.45 bits per heavy atom. The molecule has 6 heteroatoms. The molecule has 1 aromatic carbocycles. The van der Waals surface area contributed by atoms with Crippen molar-refractivity contribution >= 4 is 22.9 Å². The Kier molecular flexibility index (Phi) is 4.04. The van der Waals surface area contributed by atoms with Gasteiger partial charge in [-0.05, 0) is 32.9 Å². The second kappa shape index (κ2) is 5.58. The van der Waals surface area contributed by atoms with Gasteiger partial charge in [-0.3, -0.25) is 4.79 Å². The van der Waals surface area contributed by atoms with E-state index in [1.165, 1.54) is 0 Å². The van der Waals surface area contributed by atoms with E-state index in [9.17, 15) is 9.18 Å². The second-order valence-electron chi connectivity index (χ2n) is 4.65. The van der Waals surface area contributed by atoms with E-state index in [2.05, 4.69) is 10.3 Å². The summed E-state index contributed by atoms with van der Waals surface area (Å²) in [5.41, 5.74) is 7.24. The number of hydrogen-bond donors (Lipinski definition) is 2. The summed E-state index contributed by atoms with van der Waals surface area (Å²) in [4.78, 5) is 15.6. The lowest BCUT2D eigenvalue weighted by Crippen LogP contribution is -2.14. The number of nitrogens with one attached hydrogen (secondary N) is 1. The SMILES string of the molecule is Cc1nc(C(C)Nc2cc(C(N)=O)cc(F)c2C)cs1. The Labute approximate surface area is 120 Å². The van der Waals surface area contributed by atoms with Crippen molar-refractivity contribution in [1.82, 2.24) is 4.98 Å². The number of carbonyl (C=O) groups excluding carboxylic acids is 1. The van der Waals surface area contributed by atoms with Crippen LogP contribution in [0.4, 0.5) is 10.1 Å². The van der Waals surface area contributed by atoms with E-state index in [0.717, 1.165) is 16.8 Å². The maximum absolute atomic E-state index is 13.8. The first-order valence-electron chi connectivity index (χ1n) is 6.17. The number of hydrogen-bond acceptors (Lipinski definition) is 4. The maximum Gasteiger partial charge on any atom is 0.248 e. The third-order valence-electron chi connectivity index (χ3n) is 3.08. The highest BCUT2D eigenvalue weighted by Crippen LogP contribution is 2.26. The van der Waals surface area contributed by atoms with Crippen LogP contribution in [0.5, 0.6) is 0 Å². The van der Waals surface area contributed by atoms with Gasteiger partial charge >= 0.3 is 0 Å². The zero-order valence-electron chi connectivity index (χ0n) is 11.5. The number of nitrogens with two attached hydrogens (primary N) is 1. The summed E-state index contributed by atoms with van der Waals surface area (Å²) >= 11 is 1.56. The normalized spacial score (nSPS) is 12.2. The number of carbonyl (C=O) groups is 1. The molecule has 0 fully saturated rings. The van der Waals surface area contributed by atoms with Gasteiger partial charge in [-0.15, -0.1) is 11.3 Å². The molecule has 0 saturated carbocycles. The van der Waals surface area contributed by atoms with Crippen LogP contribution in [0.15, 0.2) is 17.5 Å². The van der Waals surface area contributed by atoms with Crippen LogP contribution in [-0.4, -0.2) is 10.9 Å². The molecule has 0 aliphatic carbocycles. The molecule has 0 bridgehead atoms. The average Bonchev–Trinajstić information content (AvgIpc) is 2.81. The van der Waals surface area contributed by atoms with Gasteiger partial charge in [-0.1, -0.05) is 0 Å². The number of primary amides is 1. The van der Waals surface area contributed by atoms with E-state index < -0.39 is 11.7 Å². The molecule has 0 spiro atoms. The van der Waals surface area contributed by atoms with Gasteiger partial charge in [0.1, 0.15) is 5.82 Å². The molecule has 0 aliphatic rings. The van der Waals surface area contributed by atoms with Gasteiger partial charge in [-0.2, -0.15) is 0 Å². The zero-order chi connectivity index (χ0) is 14.9. The van der Waals surface area contributed by atoms with E-state index in [-0.39, 0.29) is 11.6 Å². The number of amides is 1. The largest absolute Gasteiger partial charge is 0.377 e. The molecular formula is C14H16FN3OS. The first kappa shape index (κ1) is 14.5. The number of aryl methyl sites for hydroxylation is 1. The summed E-state index contributed by atoms with van der Waals surface area (Å²) in [7, 11) is 0. The molecule has 3 N–H and O–H groups in total. The quantitative estimate of drug-likeness (QED) is 0.909. The standard InChI is InChI=1S/C14H16FN3OS/c1-7-11(15)4-10(14(16)19)5-12(7)17-8(2)13-6-20-9(3)18-13/h4-6,8,17H,1-3H3,(H2,16,19). The molecule has 2 rings (SSSR count). The molecule has 0 saturated heterocycles. The average molecular weight is 293 g/mol. The van der Waals surface area contributed by atoms with E-state index in [1.54, 1.807) is 24.3 Å². The molecule has 1 unspecified atom stereocenters. The summed E-state index contributed by atoms with van der Waals surface area (Å²) in [5.74, 6) is -1.10. The predicted octanol–water partition coefficient (Wildman–Crippen LogP) is 3.17. The van der Waals surface area contributed by atoms with Crippen molar-refractivity contribution in [3.05, 3.63) is 45.2 Å². The van der Waals surface area contributed by atoms with Crippen molar-refractivity contribution in [2.45, 2.75) is 26.8 Å². The molecule has 1 heterocycles. The van der Waals surface area contributed by atoms with Crippen LogP contribution in [0.25, 0.3) is 0 Å². The fraction of sp³-hybridized carbons (Fsp3) is 0.286. The molecule has 4 nitrogen and oxygen atoms in total. The Hall–Kier alpha value is -1.95. The summed E-state index contributed by atoms with van der Waals surface area (Å²) in [6.07, 6.45) is 0. The van der Waals surface area contributed by atoms with E-state index in [1.807, 2.05) is 19.2 Å². The van der Waals surface area contributed by atoms with Crippen molar-refractivity contribution in [2.75, 3.05) is 5.32 Å². The van der Waals surface area contributed by atoms with Gasteiger partial charge in [0.25, 0.3) is 0 Å². The maximum atomic E-state index is 13.8. The van der Waals surface area contributed by atoms with Gasteiger partial charge in [-0.25, -0.2) is 9.37 Å². The van der Waals surface area contributed by atoms with Crippen molar-refractivity contribution < 1.29 is 9.18 Å². The van der Waals surface area contributed by atoms with E-state index >= 15 is 0 Å². The highest BCUT2D eigenvalue weighted by atomic mass is 32.1. The number of benzene rings is 1. The van der Waals surface area contributed by atoms with Crippen LogP contribution in [0.2, 0.25) is 0 Å². The molecule has 106 valence electrons. The lowest BCUT2D eigenvalue weighted by molar-refractivity contribution is 0.1000. The summed E-state index contributed by atoms with van der Waals surface area (Å²) in [5, 5.41) is 6.10. The van der Waals surface area contributed by atoms with Crippen molar-refractivity contribution in [3.63, 3.8) is 0 Å². The lowest BCUT2D eigenvalue weighted by Gasteiger charge is -2.16. The second-order valence-corrected chi connectivity index (χ2v) is 5.71. The number of nitrogens with zero attached hydrogens (tertiary/aromatic N) is 1. The van der Waals surface area contributed by atoms with Gasteiger partial charge in [0, 0.05) is 22.2 Å². The Balaban J connectivity index is 2.30. The third-order valence-corrected chi connectivity index (χ3v) is 3.87. The molecule has 20 heavy (non-hydrogen) atoms. The molecule has 0 radical (unpaired) electrons. The molecule has 1 atom stereocenters. The van der Waals surface area contributed by atoms with Gasteiger partial charge in [0.05, 0.1) is 16.7 Å². The molecular weight excluding hydrogens is 277 g/mol. The van der Waals surface area contributed by atoms with Crippen LogP contribution < -0.4 is 11.1 Å². The van der Waals surface area contributed by atoms with Gasteiger partial charge < -0.3 is 11.1 Å². The highest BCUT2D eigenvalue weighted by molar-refractivity contribution is 7.09. The number of rotatable bonds is 4. The molecule has 2 aromatic rings. The van der Waals surface area contributed by atoms with Crippen molar-refractivity contribution in [2.24, 2.45) is 5.73 Å². The third kappa shape index (κ3) is 2.96. The number of aromatic nitrogens is 1. The summed E-state index contributed by atoms with van der Waals surface area (Å²) in [6.45, 7) is 5.52. The predicted molar refractivity (Wildman–Crippen MR) is 78.5 cm³/mol. The minimum absolute atomic E-state index is 0.0822. The smallest absolute Gasteiger partial charge is 0.248 e. The zero-order valence-corrected chi connectivity index (χ0v) is 12.3. The first-order chi connectivity index (χ1) is 9.38. The number of anilines is 1.